The van der Waals surface area contributed by atoms with Gasteiger partial charge in [-0.15, -0.1) is 0 Å². The normalized spacial score (nSPS) is 20.7. The van der Waals surface area contributed by atoms with Gasteiger partial charge in [0.2, 0.25) is 5.91 Å². The van der Waals surface area contributed by atoms with Gasteiger partial charge in [0.15, 0.2) is 0 Å². The molecule has 5 nitrogen and oxygen atoms in total. The minimum Gasteiger partial charge on any atom is -0.384 e. The number of amides is 1. The van der Waals surface area contributed by atoms with Crippen molar-refractivity contribution >= 4 is 5.91 Å². The number of carbonyl (C=O) groups excluding carboxylic acids is 1. The van der Waals surface area contributed by atoms with Gasteiger partial charge in [-0.2, -0.15) is 0 Å². The first kappa shape index (κ1) is 15.4. The highest BCUT2D eigenvalue weighted by molar-refractivity contribution is 5.83. The molecule has 1 atom stereocenters. The Morgan fingerprint density at radius 3 is 2.56 bits per heavy atom. The lowest BCUT2D eigenvalue weighted by Gasteiger charge is -2.36. The van der Waals surface area contributed by atoms with Crippen LogP contribution in [0.15, 0.2) is 0 Å². The molecule has 1 fully saturated rings. The fourth-order valence-electron chi connectivity index (χ4n) is 2.23. The molecule has 5 heteroatoms. The highest BCUT2D eigenvalue weighted by Gasteiger charge is 2.39. The third kappa shape index (κ3) is 3.93. The van der Waals surface area contributed by atoms with E-state index in [2.05, 4.69) is 22.5 Å². The molecular formula is C13H27N3O2. The first-order valence-corrected chi connectivity index (χ1v) is 6.66. The smallest absolute Gasteiger partial charge is 0.228 e. The molecule has 1 amide bonds. The largest absolute Gasteiger partial charge is 0.384 e. The van der Waals surface area contributed by atoms with E-state index >= 15 is 0 Å². The lowest BCUT2D eigenvalue weighted by Crippen LogP contribution is -2.52. The Kier molecular flexibility index (Phi) is 6.05. The van der Waals surface area contributed by atoms with Gasteiger partial charge in [0.25, 0.3) is 0 Å². The SMILES string of the molecule is COCC1(C(=O)NCC(C)N(C)C)CCNCC1. The molecule has 1 heterocycles. The summed E-state index contributed by atoms with van der Waals surface area (Å²) in [5.74, 6) is 0.138. The van der Waals surface area contributed by atoms with Crippen molar-refractivity contribution in [2.24, 2.45) is 5.41 Å². The van der Waals surface area contributed by atoms with Crippen LogP contribution in [0.1, 0.15) is 19.8 Å². The predicted octanol–water partition coefficient (Wildman–Crippen LogP) is 0.0689. The standard InChI is InChI=1S/C13H27N3O2/c1-11(16(2)3)9-15-12(17)13(10-18-4)5-7-14-8-6-13/h11,14H,5-10H2,1-4H3,(H,15,17). The Morgan fingerprint density at radius 1 is 1.44 bits per heavy atom. The maximum atomic E-state index is 12.4. The van der Waals surface area contributed by atoms with Crippen LogP contribution < -0.4 is 10.6 Å². The molecule has 0 aliphatic carbocycles. The summed E-state index contributed by atoms with van der Waals surface area (Å²) in [6, 6.07) is 0.343. The summed E-state index contributed by atoms with van der Waals surface area (Å²) in [5.41, 5.74) is -0.341. The highest BCUT2D eigenvalue weighted by Crippen LogP contribution is 2.29. The van der Waals surface area contributed by atoms with Gasteiger partial charge in [-0.25, -0.2) is 0 Å². The maximum absolute atomic E-state index is 12.4. The van der Waals surface area contributed by atoms with E-state index in [-0.39, 0.29) is 11.3 Å². The van der Waals surface area contributed by atoms with Crippen molar-refractivity contribution in [3.63, 3.8) is 0 Å². The van der Waals surface area contributed by atoms with Gasteiger partial charge in [0.1, 0.15) is 0 Å². The molecule has 0 aromatic carbocycles. The Balaban J connectivity index is 2.54. The van der Waals surface area contributed by atoms with Gasteiger partial charge in [-0.1, -0.05) is 0 Å². The van der Waals surface area contributed by atoms with E-state index in [9.17, 15) is 4.79 Å². The quantitative estimate of drug-likeness (QED) is 0.707. The summed E-state index contributed by atoms with van der Waals surface area (Å²) in [7, 11) is 5.71. The van der Waals surface area contributed by atoms with Crippen LogP contribution in [0.3, 0.4) is 0 Å². The van der Waals surface area contributed by atoms with Crippen LogP contribution in [-0.4, -0.2) is 64.3 Å². The number of likely N-dealkylation sites (N-methyl/N-ethyl adjacent to an activating group) is 1. The Bertz CT molecular complexity index is 257. The molecule has 1 unspecified atom stereocenters. The zero-order valence-corrected chi connectivity index (χ0v) is 12.1. The molecule has 18 heavy (non-hydrogen) atoms. The van der Waals surface area contributed by atoms with Gasteiger partial charge < -0.3 is 20.3 Å². The second-order valence-corrected chi connectivity index (χ2v) is 5.49. The first-order chi connectivity index (χ1) is 8.52. The molecule has 1 aliphatic heterocycles. The molecule has 1 rings (SSSR count). The van der Waals surface area contributed by atoms with E-state index in [1.165, 1.54) is 0 Å². The molecule has 106 valence electrons. The molecule has 0 aromatic heterocycles. The van der Waals surface area contributed by atoms with Gasteiger partial charge in [0.05, 0.1) is 12.0 Å². The number of nitrogens with one attached hydrogen (secondary N) is 2. The molecular weight excluding hydrogens is 230 g/mol. The van der Waals surface area contributed by atoms with Gasteiger partial charge in [-0.3, -0.25) is 4.79 Å². The zero-order valence-electron chi connectivity index (χ0n) is 12.1. The molecule has 1 aliphatic rings. The number of nitrogens with zero attached hydrogens (tertiary/aromatic N) is 1. The second kappa shape index (κ2) is 7.07. The van der Waals surface area contributed by atoms with Crippen molar-refractivity contribution in [2.75, 3.05) is 47.4 Å². The highest BCUT2D eigenvalue weighted by atomic mass is 16.5. The summed E-state index contributed by atoms with van der Waals surface area (Å²) in [6.45, 7) is 5.08. The van der Waals surface area contributed by atoms with Crippen LogP contribution in [0.2, 0.25) is 0 Å². The van der Waals surface area contributed by atoms with Crippen molar-refractivity contribution in [1.29, 1.82) is 0 Å². The number of piperidine rings is 1. The van der Waals surface area contributed by atoms with Crippen LogP contribution in [0.5, 0.6) is 0 Å². The molecule has 0 aromatic rings. The Labute approximate surface area is 110 Å². The summed E-state index contributed by atoms with van der Waals surface area (Å²) in [5, 5.41) is 6.36. The van der Waals surface area contributed by atoms with E-state index in [4.69, 9.17) is 4.74 Å². The Hall–Kier alpha value is -0.650. The van der Waals surface area contributed by atoms with Gasteiger partial charge in [0, 0.05) is 19.7 Å². The average molecular weight is 257 g/mol. The number of hydrogen-bond acceptors (Lipinski definition) is 4. The fourth-order valence-corrected chi connectivity index (χ4v) is 2.23. The third-order valence-corrected chi connectivity index (χ3v) is 3.90. The van der Waals surface area contributed by atoms with E-state index in [1.807, 2.05) is 14.1 Å². The first-order valence-electron chi connectivity index (χ1n) is 6.66. The van der Waals surface area contributed by atoms with Crippen LogP contribution in [0, 0.1) is 5.41 Å². The van der Waals surface area contributed by atoms with Crippen LogP contribution in [0.4, 0.5) is 0 Å². The Morgan fingerprint density at radius 2 is 2.06 bits per heavy atom. The van der Waals surface area contributed by atoms with Crippen molar-refractivity contribution in [2.45, 2.75) is 25.8 Å². The van der Waals surface area contributed by atoms with Crippen LogP contribution in [0.25, 0.3) is 0 Å². The molecule has 2 N–H and O–H groups in total. The molecule has 0 saturated carbocycles. The van der Waals surface area contributed by atoms with Crippen LogP contribution in [-0.2, 0) is 9.53 Å². The summed E-state index contributed by atoms with van der Waals surface area (Å²) in [4.78, 5) is 14.5. The third-order valence-electron chi connectivity index (χ3n) is 3.90. The monoisotopic (exact) mass is 257 g/mol. The van der Waals surface area contributed by atoms with E-state index in [1.54, 1.807) is 7.11 Å². The zero-order chi connectivity index (χ0) is 13.6. The van der Waals surface area contributed by atoms with Gasteiger partial charge >= 0.3 is 0 Å². The summed E-state index contributed by atoms with van der Waals surface area (Å²) >= 11 is 0. The van der Waals surface area contributed by atoms with Crippen molar-refractivity contribution in [3.05, 3.63) is 0 Å². The van der Waals surface area contributed by atoms with Crippen molar-refractivity contribution in [1.82, 2.24) is 15.5 Å². The fraction of sp³-hybridized carbons (Fsp3) is 0.923. The van der Waals surface area contributed by atoms with E-state index < -0.39 is 0 Å². The topological polar surface area (TPSA) is 53.6 Å². The molecule has 1 saturated heterocycles. The second-order valence-electron chi connectivity index (χ2n) is 5.49. The lowest BCUT2D eigenvalue weighted by atomic mass is 9.78. The molecule has 0 bridgehead atoms. The summed E-state index contributed by atoms with van der Waals surface area (Å²) < 4.78 is 5.26. The van der Waals surface area contributed by atoms with Crippen LogP contribution >= 0.6 is 0 Å². The summed E-state index contributed by atoms with van der Waals surface area (Å²) in [6.07, 6.45) is 1.70. The number of carbonyl (C=O) groups is 1. The maximum Gasteiger partial charge on any atom is 0.228 e. The lowest BCUT2D eigenvalue weighted by molar-refractivity contribution is -0.136. The number of methoxy groups -OCH3 is 1. The molecule has 0 radical (unpaired) electrons. The predicted molar refractivity (Wildman–Crippen MR) is 72.6 cm³/mol. The van der Waals surface area contributed by atoms with E-state index in [0.717, 1.165) is 25.9 Å². The minimum absolute atomic E-state index is 0.138. The minimum atomic E-state index is -0.341. The van der Waals surface area contributed by atoms with Crippen molar-refractivity contribution in [3.8, 4) is 0 Å². The van der Waals surface area contributed by atoms with Crippen molar-refractivity contribution < 1.29 is 9.53 Å². The van der Waals surface area contributed by atoms with E-state index in [0.29, 0.717) is 19.2 Å². The number of hydrogen-bond donors (Lipinski definition) is 2. The molecule has 0 spiro atoms. The average Bonchev–Trinajstić information content (AvgIpc) is 2.36. The van der Waals surface area contributed by atoms with Gasteiger partial charge in [-0.05, 0) is 47.0 Å². The number of rotatable bonds is 6. The number of ether oxygens (including phenoxy) is 1.